The molecular weight excluding hydrogens is 288 g/mol. The fraction of sp³-hybridized carbons (Fsp3) is 0.286. The second-order valence-corrected chi connectivity index (χ2v) is 6.44. The van der Waals surface area contributed by atoms with Crippen LogP contribution in [-0.2, 0) is 0 Å². The Bertz CT molecular complexity index is 690. The number of aromatic nitrogens is 2. The van der Waals surface area contributed by atoms with Gasteiger partial charge in [-0.3, -0.25) is 0 Å². The van der Waals surface area contributed by atoms with E-state index in [1.807, 2.05) is 11.4 Å². The van der Waals surface area contributed by atoms with Crippen molar-refractivity contribution >= 4 is 44.7 Å². The summed E-state index contributed by atoms with van der Waals surface area (Å²) in [6, 6.07) is 6.56. The normalized spacial score (nSPS) is 12.7. The molecule has 20 heavy (non-hydrogen) atoms. The van der Waals surface area contributed by atoms with Gasteiger partial charge in [-0.05, 0) is 29.3 Å². The van der Waals surface area contributed by atoms with Crippen LogP contribution in [0.2, 0.25) is 0 Å². The molecule has 3 aromatic rings. The van der Waals surface area contributed by atoms with Crippen molar-refractivity contribution in [2.45, 2.75) is 25.8 Å². The van der Waals surface area contributed by atoms with Crippen molar-refractivity contribution in [2.75, 3.05) is 11.1 Å². The van der Waals surface area contributed by atoms with Gasteiger partial charge in [0.05, 0.1) is 11.4 Å². The summed E-state index contributed by atoms with van der Waals surface area (Å²) in [5, 5.41) is 8.70. The fourth-order valence-electron chi connectivity index (χ4n) is 2.21. The van der Waals surface area contributed by atoms with Gasteiger partial charge in [0.25, 0.3) is 0 Å². The van der Waals surface area contributed by atoms with Gasteiger partial charge in [-0.25, -0.2) is 4.98 Å². The molecule has 0 radical (unpaired) electrons. The average molecular weight is 304 g/mol. The van der Waals surface area contributed by atoms with Crippen LogP contribution in [0.25, 0.3) is 10.2 Å². The number of nitrogens with one attached hydrogen (secondary N) is 1. The number of nitrogens with two attached hydrogens (primary N) is 1. The van der Waals surface area contributed by atoms with Gasteiger partial charge >= 0.3 is 0 Å². The molecule has 3 heterocycles. The number of fused-ring (bicyclic) bond motifs is 1. The molecule has 0 aliphatic heterocycles. The third kappa shape index (κ3) is 2.62. The van der Waals surface area contributed by atoms with Crippen molar-refractivity contribution in [2.24, 2.45) is 0 Å². The van der Waals surface area contributed by atoms with Gasteiger partial charge in [-0.15, -0.1) is 22.7 Å². The summed E-state index contributed by atoms with van der Waals surface area (Å²) in [5.41, 5.74) is 5.80. The summed E-state index contributed by atoms with van der Waals surface area (Å²) in [6.45, 7) is 2.19. The molecule has 0 amide bonds. The zero-order valence-corrected chi connectivity index (χ0v) is 12.8. The molecule has 104 valence electrons. The summed E-state index contributed by atoms with van der Waals surface area (Å²) in [5.74, 6) is 1.16. The predicted octanol–water partition coefficient (Wildman–Crippen LogP) is 4.29. The lowest BCUT2D eigenvalue weighted by atomic mass is 10.1. The molecule has 1 atom stereocenters. The molecule has 0 saturated carbocycles. The third-order valence-corrected chi connectivity index (χ3v) is 4.91. The largest absolute Gasteiger partial charge is 0.368 e. The first-order valence-corrected chi connectivity index (χ1v) is 8.34. The summed E-state index contributed by atoms with van der Waals surface area (Å²) < 4.78 is 0. The molecular formula is C14H16N4S2. The first kappa shape index (κ1) is 13.3. The van der Waals surface area contributed by atoms with Crippen LogP contribution in [-0.4, -0.2) is 9.97 Å². The molecule has 1 unspecified atom stereocenters. The number of rotatable bonds is 5. The van der Waals surface area contributed by atoms with Gasteiger partial charge in [-0.1, -0.05) is 19.4 Å². The van der Waals surface area contributed by atoms with E-state index in [9.17, 15) is 0 Å². The number of anilines is 2. The SMILES string of the molecule is CCCC(Nc1nc(N)nc2sccc12)c1cccs1. The van der Waals surface area contributed by atoms with E-state index >= 15 is 0 Å². The highest BCUT2D eigenvalue weighted by molar-refractivity contribution is 7.16. The topological polar surface area (TPSA) is 63.8 Å². The maximum absolute atomic E-state index is 5.80. The first-order valence-electron chi connectivity index (χ1n) is 6.58. The lowest BCUT2D eigenvalue weighted by Crippen LogP contribution is -2.11. The standard InChI is InChI=1S/C14H16N4S2/c1-2-4-10(11-5-3-7-19-11)16-12-9-6-8-20-13(9)18-14(15)17-12/h3,5-8,10H,2,4H2,1H3,(H3,15,16,17,18). The van der Waals surface area contributed by atoms with E-state index < -0.39 is 0 Å². The molecule has 3 N–H and O–H groups in total. The van der Waals surface area contributed by atoms with Crippen molar-refractivity contribution in [3.63, 3.8) is 0 Å². The van der Waals surface area contributed by atoms with Gasteiger partial charge in [-0.2, -0.15) is 4.98 Å². The molecule has 0 spiro atoms. The Hall–Kier alpha value is -1.66. The van der Waals surface area contributed by atoms with Crippen LogP contribution in [0.4, 0.5) is 11.8 Å². The van der Waals surface area contributed by atoms with Crippen LogP contribution in [0.5, 0.6) is 0 Å². The van der Waals surface area contributed by atoms with Crippen molar-refractivity contribution in [3.05, 3.63) is 33.8 Å². The minimum atomic E-state index is 0.275. The van der Waals surface area contributed by atoms with E-state index in [2.05, 4.69) is 39.7 Å². The first-order chi connectivity index (χ1) is 9.78. The molecule has 6 heteroatoms. The smallest absolute Gasteiger partial charge is 0.223 e. The fourth-order valence-corrected chi connectivity index (χ4v) is 3.79. The van der Waals surface area contributed by atoms with Crippen LogP contribution in [0.1, 0.15) is 30.7 Å². The number of thiophene rings is 2. The molecule has 0 saturated heterocycles. The number of hydrogen-bond acceptors (Lipinski definition) is 6. The Morgan fingerprint density at radius 3 is 2.90 bits per heavy atom. The van der Waals surface area contributed by atoms with Gasteiger partial charge in [0.2, 0.25) is 5.95 Å². The number of nitrogens with zero attached hydrogens (tertiary/aromatic N) is 2. The van der Waals surface area contributed by atoms with Crippen LogP contribution >= 0.6 is 22.7 Å². The predicted molar refractivity (Wildman–Crippen MR) is 87.4 cm³/mol. The van der Waals surface area contributed by atoms with E-state index in [4.69, 9.17) is 5.73 Å². The van der Waals surface area contributed by atoms with E-state index in [0.29, 0.717) is 5.95 Å². The van der Waals surface area contributed by atoms with Crippen LogP contribution in [0.15, 0.2) is 29.0 Å². The highest BCUT2D eigenvalue weighted by Crippen LogP contribution is 2.31. The Morgan fingerprint density at radius 2 is 2.15 bits per heavy atom. The van der Waals surface area contributed by atoms with Gasteiger partial charge in [0.1, 0.15) is 10.6 Å². The Kier molecular flexibility index (Phi) is 3.84. The van der Waals surface area contributed by atoms with Crippen molar-refractivity contribution in [1.82, 2.24) is 9.97 Å². The van der Waals surface area contributed by atoms with Crippen molar-refractivity contribution in [1.29, 1.82) is 0 Å². The third-order valence-electron chi connectivity index (χ3n) is 3.12. The van der Waals surface area contributed by atoms with Crippen LogP contribution in [0, 0.1) is 0 Å². The second-order valence-electron chi connectivity index (χ2n) is 4.57. The molecule has 0 aromatic carbocycles. The molecule has 0 aliphatic carbocycles. The molecule has 3 aromatic heterocycles. The molecule has 3 rings (SSSR count). The maximum Gasteiger partial charge on any atom is 0.223 e. The molecule has 0 aliphatic rings. The minimum Gasteiger partial charge on any atom is -0.368 e. The Labute approximate surface area is 125 Å². The summed E-state index contributed by atoms with van der Waals surface area (Å²) in [6.07, 6.45) is 2.18. The zero-order chi connectivity index (χ0) is 13.9. The van der Waals surface area contributed by atoms with E-state index in [1.54, 1.807) is 22.7 Å². The highest BCUT2D eigenvalue weighted by Gasteiger charge is 2.15. The molecule has 4 nitrogen and oxygen atoms in total. The van der Waals surface area contributed by atoms with Gasteiger partial charge < -0.3 is 11.1 Å². The lowest BCUT2D eigenvalue weighted by molar-refractivity contribution is 0.685. The van der Waals surface area contributed by atoms with Crippen molar-refractivity contribution < 1.29 is 0 Å². The minimum absolute atomic E-state index is 0.275. The van der Waals surface area contributed by atoms with E-state index in [1.165, 1.54) is 4.88 Å². The van der Waals surface area contributed by atoms with Gasteiger partial charge in [0, 0.05) is 4.88 Å². The average Bonchev–Trinajstić information content (AvgIpc) is 3.08. The zero-order valence-electron chi connectivity index (χ0n) is 11.2. The second kappa shape index (κ2) is 5.76. The monoisotopic (exact) mass is 304 g/mol. The molecule has 0 bridgehead atoms. The summed E-state index contributed by atoms with van der Waals surface area (Å²) in [7, 11) is 0. The van der Waals surface area contributed by atoms with Crippen molar-refractivity contribution in [3.8, 4) is 0 Å². The van der Waals surface area contributed by atoms with Gasteiger partial charge in [0.15, 0.2) is 0 Å². The maximum atomic E-state index is 5.80. The summed E-state index contributed by atoms with van der Waals surface area (Å²) >= 11 is 3.35. The Balaban J connectivity index is 1.96. The van der Waals surface area contributed by atoms with E-state index in [0.717, 1.165) is 28.9 Å². The van der Waals surface area contributed by atoms with E-state index in [-0.39, 0.29) is 6.04 Å². The number of nitrogen functional groups attached to an aromatic ring is 1. The number of hydrogen-bond donors (Lipinski definition) is 2. The Morgan fingerprint density at radius 1 is 1.25 bits per heavy atom. The van der Waals surface area contributed by atoms with Crippen LogP contribution in [0.3, 0.4) is 0 Å². The van der Waals surface area contributed by atoms with Crippen LogP contribution < -0.4 is 11.1 Å². The highest BCUT2D eigenvalue weighted by atomic mass is 32.1. The lowest BCUT2D eigenvalue weighted by Gasteiger charge is -2.18. The molecule has 0 fully saturated rings. The quantitative estimate of drug-likeness (QED) is 0.738. The summed E-state index contributed by atoms with van der Waals surface area (Å²) in [4.78, 5) is 10.9.